The molecule has 2 aromatic rings. The highest BCUT2D eigenvalue weighted by Gasteiger charge is 2.21. The molecule has 0 saturated carbocycles. The number of nitrogens with two attached hydrogens (primary N) is 1. The van der Waals surface area contributed by atoms with Gasteiger partial charge in [-0.15, -0.1) is 0 Å². The van der Waals surface area contributed by atoms with Crippen LogP contribution in [0.2, 0.25) is 0 Å². The third kappa shape index (κ3) is 4.51. The van der Waals surface area contributed by atoms with Gasteiger partial charge >= 0.3 is 0 Å². The lowest BCUT2D eigenvalue weighted by molar-refractivity contribution is 0.106. The maximum absolute atomic E-state index is 10.6. The summed E-state index contributed by atoms with van der Waals surface area (Å²) in [5.41, 5.74) is 9.51. The van der Waals surface area contributed by atoms with Crippen LogP contribution in [0, 0.1) is 0 Å². The van der Waals surface area contributed by atoms with Crippen LogP contribution in [-0.4, -0.2) is 49.2 Å². The van der Waals surface area contributed by atoms with E-state index in [-0.39, 0.29) is 12.5 Å². The summed E-state index contributed by atoms with van der Waals surface area (Å²) < 4.78 is 5.38. The minimum Gasteiger partial charge on any atom is -0.399 e. The van der Waals surface area contributed by atoms with Crippen molar-refractivity contribution in [2.75, 3.05) is 43.5 Å². The van der Waals surface area contributed by atoms with Crippen LogP contribution in [0.5, 0.6) is 0 Å². The summed E-state index contributed by atoms with van der Waals surface area (Å²) in [7, 11) is 0. The molecule has 25 heavy (non-hydrogen) atoms. The molecule has 5 heteroatoms. The third-order valence-corrected chi connectivity index (χ3v) is 4.78. The highest BCUT2D eigenvalue weighted by molar-refractivity contribution is 5.48. The number of aliphatic hydroxyl groups is 2. The highest BCUT2D eigenvalue weighted by atomic mass is 16.5. The number of hydrogen-bond acceptors (Lipinski definition) is 5. The van der Waals surface area contributed by atoms with Gasteiger partial charge in [0.25, 0.3) is 0 Å². The van der Waals surface area contributed by atoms with Gasteiger partial charge in [-0.2, -0.15) is 0 Å². The topological polar surface area (TPSA) is 79.0 Å². The fourth-order valence-electron chi connectivity index (χ4n) is 3.24. The summed E-state index contributed by atoms with van der Waals surface area (Å²) in [5, 5.41) is 20.3. The van der Waals surface area contributed by atoms with Gasteiger partial charge in [-0.25, -0.2) is 0 Å². The van der Waals surface area contributed by atoms with Gasteiger partial charge in [0.2, 0.25) is 0 Å². The van der Waals surface area contributed by atoms with Crippen molar-refractivity contribution in [2.45, 2.75) is 18.4 Å². The zero-order chi connectivity index (χ0) is 17.6. The van der Waals surface area contributed by atoms with Crippen LogP contribution in [0.4, 0.5) is 11.4 Å². The van der Waals surface area contributed by atoms with Gasteiger partial charge in [-0.05, 0) is 41.8 Å². The number of aliphatic hydroxyl groups excluding tert-OH is 2. The van der Waals surface area contributed by atoms with Crippen LogP contribution in [0.3, 0.4) is 0 Å². The first-order valence-electron chi connectivity index (χ1n) is 8.73. The summed E-state index contributed by atoms with van der Waals surface area (Å²) in [5.74, 6) is -0.320. The fourth-order valence-corrected chi connectivity index (χ4v) is 3.24. The second-order valence-electron chi connectivity index (χ2n) is 6.49. The van der Waals surface area contributed by atoms with Crippen LogP contribution in [0.25, 0.3) is 0 Å². The molecular weight excluding hydrogens is 316 g/mol. The zero-order valence-electron chi connectivity index (χ0n) is 14.3. The van der Waals surface area contributed by atoms with E-state index in [1.165, 1.54) is 5.69 Å². The predicted molar refractivity (Wildman–Crippen MR) is 99.9 cm³/mol. The molecule has 0 spiro atoms. The Labute approximate surface area is 148 Å². The van der Waals surface area contributed by atoms with Crippen molar-refractivity contribution in [1.82, 2.24) is 0 Å². The Bertz CT molecular complexity index is 652. The zero-order valence-corrected chi connectivity index (χ0v) is 14.3. The number of morpholine rings is 1. The molecule has 0 amide bonds. The van der Waals surface area contributed by atoms with Crippen molar-refractivity contribution >= 4 is 11.4 Å². The Morgan fingerprint density at radius 1 is 1.00 bits per heavy atom. The molecule has 3 rings (SSSR count). The summed E-state index contributed by atoms with van der Waals surface area (Å²) in [6, 6.07) is 15.6. The van der Waals surface area contributed by atoms with Crippen molar-refractivity contribution in [1.29, 1.82) is 0 Å². The number of hydrogen-bond donors (Lipinski definition) is 3. The van der Waals surface area contributed by atoms with E-state index in [4.69, 9.17) is 10.5 Å². The normalized spacial score (nSPS) is 17.3. The van der Waals surface area contributed by atoms with Gasteiger partial charge in [-0.3, -0.25) is 0 Å². The second kappa shape index (κ2) is 8.34. The molecule has 2 atom stereocenters. The lowest BCUT2D eigenvalue weighted by Crippen LogP contribution is -2.36. The monoisotopic (exact) mass is 342 g/mol. The fraction of sp³-hybridized carbons (Fsp3) is 0.400. The van der Waals surface area contributed by atoms with Gasteiger partial charge < -0.3 is 25.6 Å². The SMILES string of the molecule is Nc1ccc(C(CO)C(O)Cc2ccc(N3CCOCC3)cc2)cc1. The molecule has 1 heterocycles. The smallest absolute Gasteiger partial charge is 0.0671 e. The molecule has 1 saturated heterocycles. The van der Waals surface area contributed by atoms with E-state index in [0.717, 1.165) is 37.4 Å². The van der Waals surface area contributed by atoms with Crippen LogP contribution < -0.4 is 10.6 Å². The Morgan fingerprint density at radius 3 is 2.24 bits per heavy atom. The molecule has 2 aromatic carbocycles. The van der Waals surface area contributed by atoms with Crippen molar-refractivity contribution in [2.24, 2.45) is 0 Å². The number of nitrogen functional groups attached to an aromatic ring is 1. The van der Waals surface area contributed by atoms with Crippen molar-refractivity contribution in [3.05, 3.63) is 59.7 Å². The Kier molecular flexibility index (Phi) is 5.91. The predicted octanol–water partition coefficient (Wildman–Crippen LogP) is 1.78. The molecule has 0 aliphatic carbocycles. The summed E-state index contributed by atoms with van der Waals surface area (Å²) in [4.78, 5) is 2.30. The molecular formula is C20H26N2O3. The maximum Gasteiger partial charge on any atom is 0.0671 e. The number of benzene rings is 2. The number of rotatable bonds is 6. The largest absolute Gasteiger partial charge is 0.399 e. The van der Waals surface area contributed by atoms with Gasteiger partial charge in [0, 0.05) is 30.4 Å². The molecule has 2 unspecified atom stereocenters. The third-order valence-electron chi connectivity index (χ3n) is 4.78. The van der Waals surface area contributed by atoms with E-state index >= 15 is 0 Å². The standard InChI is InChI=1S/C20H26N2O3/c21-17-5-3-16(4-6-17)19(14-23)20(24)13-15-1-7-18(8-2-15)22-9-11-25-12-10-22/h1-8,19-20,23-24H,9-14,21H2. The first-order chi connectivity index (χ1) is 12.2. The molecule has 5 nitrogen and oxygen atoms in total. The van der Waals surface area contributed by atoms with E-state index in [1.54, 1.807) is 12.1 Å². The van der Waals surface area contributed by atoms with Crippen molar-refractivity contribution in [3.63, 3.8) is 0 Å². The van der Waals surface area contributed by atoms with Gasteiger partial charge in [0.15, 0.2) is 0 Å². The first kappa shape index (κ1) is 17.7. The molecule has 0 radical (unpaired) electrons. The Balaban J connectivity index is 1.64. The van der Waals surface area contributed by atoms with Crippen LogP contribution in [0.15, 0.2) is 48.5 Å². The number of anilines is 2. The molecule has 134 valence electrons. The Morgan fingerprint density at radius 2 is 1.64 bits per heavy atom. The Hall–Kier alpha value is -2.08. The lowest BCUT2D eigenvalue weighted by Gasteiger charge is -2.29. The first-order valence-corrected chi connectivity index (χ1v) is 8.73. The van der Waals surface area contributed by atoms with Crippen LogP contribution >= 0.6 is 0 Å². The van der Waals surface area contributed by atoms with Crippen molar-refractivity contribution < 1.29 is 14.9 Å². The second-order valence-corrected chi connectivity index (χ2v) is 6.49. The van der Waals surface area contributed by atoms with Gasteiger partial charge in [-0.1, -0.05) is 24.3 Å². The van der Waals surface area contributed by atoms with Crippen molar-refractivity contribution in [3.8, 4) is 0 Å². The van der Waals surface area contributed by atoms with E-state index in [1.807, 2.05) is 24.3 Å². The maximum atomic E-state index is 10.6. The molecule has 0 aromatic heterocycles. The highest BCUT2D eigenvalue weighted by Crippen LogP contribution is 2.24. The molecule has 1 aliphatic heterocycles. The van der Waals surface area contributed by atoms with E-state index in [0.29, 0.717) is 12.1 Å². The van der Waals surface area contributed by atoms with Crippen LogP contribution in [-0.2, 0) is 11.2 Å². The average molecular weight is 342 g/mol. The quantitative estimate of drug-likeness (QED) is 0.698. The minimum atomic E-state index is -0.650. The minimum absolute atomic E-state index is 0.100. The van der Waals surface area contributed by atoms with Gasteiger partial charge in [0.05, 0.1) is 25.9 Å². The summed E-state index contributed by atoms with van der Waals surface area (Å²) >= 11 is 0. The molecule has 0 bridgehead atoms. The van der Waals surface area contributed by atoms with E-state index in [9.17, 15) is 10.2 Å². The molecule has 1 fully saturated rings. The molecule has 4 N–H and O–H groups in total. The lowest BCUT2D eigenvalue weighted by atomic mass is 9.90. The summed E-state index contributed by atoms with van der Waals surface area (Å²) in [6.45, 7) is 3.24. The molecule has 1 aliphatic rings. The number of nitrogens with zero attached hydrogens (tertiary/aromatic N) is 1. The van der Waals surface area contributed by atoms with E-state index in [2.05, 4.69) is 17.0 Å². The number of ether oxygens (including phenoxy) is 1. The van der Waals surface area contributed by atoms with E-state index < -0.39 is 6.10 Å². The van der Waals surface area contributed by atoms with Crippen LogP contribution in [0.1, 0.15) is 17.0 Å². The summed E-state index contributed by atoms with van der Waals surface area (Å²) in [6.07, 6.45) is -0.151. The van der Waals surface area contributed by atoms with Gasteiger partial charge in [0.1, 0.15) is 0 Å². The average Bonchev–Trinajstić information content (AvgIpc) is 2.65.